The molecule has 2 aromatic carbocycles. The van der Waals surface area contributed by atoms with Gasteiger partial charge >= 0.3 is 0 Å². The van der Waals surface area contributed by atoms with E-state index in [-0.39, 0.29) is 17.7 Å². The first-order valence-electron chi connectivity index (χ1n) is 9.87. The van der Waals surface area contributed by atoms with Gasteiger partial charge in [0, 0.05) is 7.05 Å². The van der Waals surface area contributed by atoms with E-state index in [9.17, 15) is 4.79 Å². The Morgan fingerprint density at radius 1 is 1.06 bits per heavy atom. The second kappa shape index (κ2) is 8.31. The van der Waals surface area contributed by atoms with Gasteiger partial charge in [-0.05, 0) is 29.8 Å². The van der Waals surface area contributed by atoms with Crippen LogP contribution >= 0.6 is 11.8 Å². The summed E-state index contributed by atoms with van der Waals surface area (Å²) in [4.78, 5) is 15.3. The molecule has 0 spiro atoms. The van der Waals surface area contributed by atoms with Gasteiger partial charge in [0.2, 0.25) is 5.91 Å². The molecular weight excluding hydrogens is 412 g/mol. The van der Waals surface area contributed by atoms with E-state index in [2.05, 4.69) is 10.2 Å². The van der Waals surface area contributed by atoms with Crippen LogP contribution in [0.4, 0.5) is 5.69 Å². The molecule has 1 atom stereocenters. The summed E-state index contributed by atoms with van der Waals surface area (Å²) < 4.78 is 13.2. The van der Waals surface area contributed by atoms with Crippen LogP contribution in [0.1, 0.15) is 11.6 Å². The van der Waals surface area contributed by atoms with Crippen LogP contribution < -0.4 is 9.64 Å². The molecule has 0 unspecified atom stereocenters. The van der Waals surface area contributed by atoms with Crippen LogP contribution in [0.5, 0.6) is 5.75 Å². The number of anilines is 1. The van der Waals surface area contributed by atoms with Gasteiger partial charge in [-0.1, -0.05) is 54.2 Å². The van der Waals surface area contributed by atoms with E-state index in [0.717, 1.165) is 11.3 Å². The second-order valence-corrected chi connectivity index (χ2v) is 8.04. The maximum Gasteiger partial charge on any atom is 0.238 e. The Balaban J connectivity index is 1.40. The average Bonchev–Trinajstić information content (AvgIpc) is 3.47. The Morgan fingerprint density at radius 3 is 2.68 bits per heavy atom. The number of hydrogen-bond donors (Lipinski definition) is 0. The topological polar surface area (TPSA) is 73.4 Å². The molecule has 0 saturated heterocycles. The number of para-hydroxylation sites is 2. The molecule has 0 radical (unpaired) electrons. The standard InChI is InChI=1S/C23H20N4O3S/c1-26-22(20-12-7-13-29-20)24-25-23(26)31-15-21(28)27-17-10-5-6-11-19(17)30-14-18(27)16-8-3-2-4-9-16/h2-13,18H,14-15H2,1H3/t18-/m0/s1. The number of furan rings is 1. The number of aromatic nitrogens is 3. The number of nitrogens with zero attached hydrogens (tertiary/aromatic N) is 4. The molecule has 7 nitrogen and oxygen atoms in total. The fourth-order valence-electron chi connectivity index (χ4n) is 3.67. The number of hydrogen-bond acceptors (Lipinski definition) is 6. The summed E-state index contributed by atoms with van der Waals surface area (Å²) >= 11 is 1.35. The van der Waals surface area contributed by atoms with Gasteiger partial charge in [-0.25, -0.2) is 0 Å². The smallest absolute Gasteiger partial charge is 0.238 e. The monoisotopic (exact) mass is 432 g/mol. The van der Waals surface area contributed by atoms with Crippen molar-refractivity contribution < 1.29 is 13.9 Å². The lowest BCUT2D eigenvalue weighted by Gasteiger charge is -2.37. The normalized spacial score (nSPS) is 15.4. The molecule has 1 aliphatic rings. The average molecular weight is 433 g/mol. The molecule has 3 heterocycles. The van der Waals surface area contributed by atoms with E-state index in [4.69, 9.17) is 9.15 Å². The van der Waals surface area contributed by atoms with Crippen molar-refractivity contribution in [3.05, 3.63) is 78.6 Å². The summed E-state index contributed by atoms with van der Waals surface area (Å²) in [6, 6.07) is 21.0. The SMILES string of the molecule is Cn1c(SCC(=O)N2c3ccccc3OC[C@H]2c2ccccc2)nnc1-c1ccco1. The quantitative estimate of drug-likeness (QED) is 0.437. The van der Waals surface area contributed by atoms with Crippen LogP contribution in [0.3, 0.4) is 0 Å². The molecule has 0 bridgehead atoms. The van der Waals surface area contributed by atoms with Gasteiger partial charge in [-0.15, -0.1) is 10.2 Å². The van der Waals surface area contributed by atoms with Crippen molar-refractivity contribution in [2.75, 3.05) is 17.3 Å². The Morgan fingerprint density at radius 2 is 1.87 bits per heavy atom. The molecule has 2 aromatic heterocycles. The highest BCUT2D eigenvalue weighted by Crippen LogP contribution is 2.39. The predicted molar refractivity (Wildman–Crippen MR) is 118 cm³/mol. The van der Waals surface area contributed by atoms with Crippen LogP contribution in [0.25, 0.3) is 11.6 Å². The number of carbonyl (C=O) groups excluding carboxylic acids is 1. The highest BCUT2D eigenvalue weighted by atomic mass is 32.2. The minimum Gasteiger partial charge on any atom is -0.489 e. The zero-order valence-electron chi connectivity index (χ0n) is 16.8. The summed E-state index contributed by atoms with van der Waals surface area (Å²) in [6.07, 6.45) is 1.60. The molecule has 5 rings (SSSR count). The summed E-state index contributed by atoms with van der Waals surface area (Å²) in [5.74, 6) is 2.18. The molecule has 0 aliphatic carbocycles. The van der Waals surface area contributed by atoms with E-state index in [1.165, 1.54) is 11.8 Å². The fourth-order valence-corrected chi connectivity index (χ4v) is 4.45. The zero-order valence-corrected chi connectivity index (χ0v) is 17.7. The fraction of sp³-hybridized carbons (Fsp3) is 0.174. The van der Waals surface area contributed by atoms with Crippen molar-refractivity contribution in [1.29, 1.82) is 0 Å². The van der Waals surface area contributed by atoms with Crippen molar-refractivity contribution in [1.82, 2.24) is 14.8 Å². The van der Waals surface area contributed by atoms with Crippen molar-refractivity contribution >= 4 is 23.4 Å². The van der Waals surface area contributed by atoms with Crippen LogP contribution in [0.2, 0.25) is 0 Å². The summed E-state index contributed by atoms with van der Waals surface area (Å²) in [5.41, 5.74) is 1.82. The molecular formula is C23H20N4O3S. The van der Waals surface area contributed by atoms with Crippen LogP contribution in [0, 0.1) is 0 Å². The number of fused-ring (bicyclic) bond motifs is 1. The lowest BCUT2D eigenvalue weighted by molar-refractivity contribution is -0.117. The van der Waals surface area contributed by atoms with Crippen molar-refractivity contribution in [3.8, 4) is 17.3 Å². The van der Waals surface area contributed by atoms with Gasteiger partial charge < -0.3 is 13.7 Å². The van der Waals surface area contributed by atoms with E-state index < -0.39 is 0 Å². The largest absolute Gasteiger partial charge is 0.489 e. The van der Waals surface area contributed by atoms with Crippen LogP contribution in [0.15, 0.2) is 82.6 Å². The first-order chi connectivity index (χ1) is 15.2. The maximum absolute atomic E-state index is 13.4. The first kappa shape index (κ1) is 19.4. The van der Waals surface area contributed by atoms with Gasteiger partial charge in [0.25, 0.3) is 0 Å². The van der Waals surface area contributed by atoms with Crippen molar-refractivity contribution in [3.63, 3.8) is 0 Å². The van der Waals surface area contributed by atoms with Crippen LogP contribution in [-0.4, -0.2) is 33.0 Å². The van der Waals surface area contributed by atoms with Gasteiger partial charge in [0.05, 0.1) is 23.7 Å². The lowest BCUT2D eigenvalue weighted by Crippen LogP contribution is -2.42. The van der Waals surface area contributed by atoms with Gasteiger partial charge in [-0.3, -0.25) is 9.69 Å². The summed E-state index contributed by atoms with van der Waals surface area (Å²) in [6.45, 7) is 0.407. The first-order valence-corrected chi connectivity index (χ1v) is 10.9. The molecule has 0 fully saturated rings. The van der Waals surface area contributed by atoms with E-state index in [0.29, 0.717) is 29.1 Å². The Bertz CT molecular complexity index is 1190. The number of thioether (sulfide) groups is 1. The number of benzene rings is 2. The zero-order chi connectivity index (χ0) is 21.2. The summed E-state index contributed by atoms with van der Waals surface area (Å²) in [5, 5.41) is 9.08. The second-order valence-electron chi connectivity index (χ2n) is 7.10. The van der Waals surface area contributed by atoms with Gasteiger partial charge in [0.1, 0.15) is 12.4 Å². The highest BCUT2D eigenvalue weighted by molar-refractivity contribution is 7.99. The maximum atomic E-state index is 13.4. The molecule has 156 valence electrons. The third kappa shape index (κ3) is 3.70. The highest BCUT2D eigenvalue weighted by Gasteiger charge is 2.33. The third-order valence-corrected chi connectivity index (χ3v) is 6.19. The molecule has 0 saturated carbocycles. The lowest BCUT2D eigenvalue weighted by atomic mass is 10.0. The number of ether oxygens (including phenoxy) is 1. The van der Waals surface area contributed by atoms with Crippen molar-refractivity contribution in [2.24, 2.45) is 7.05 Å². The summed E-state index contributed by atoms with van der Waals surface area (Å²) in [7, 11) is 1.86. The molecule has 1 aliphatic heterocycles. The van der Waals surface area contributed by atoms with Gasteiger partial charge in [-0.2, -0.15) is 0 Å². The Kier molecular flexibility index (Phi) is 5.21. The third-order valence-electron chi connectivity index (χ3n) is 5.19. The van der Waals surface area contributed by atoms with Gasteiger partial charge in [0.15, 0.2) is 16.7 Å². The predicted octanol–water partition coefficient (Wildman–Crippen LogP) is 4.33. The van der Waals surface area contributed by atoms with E-state index in [1.54, 1.807) is 12.3 Å². The Labute approximate surface area is 183 Å². The van der Waals surface area contributed by atoms with E-state index >= 15 is 0 Å². The molecule has 0 N–H and O–H groups in total. The minimum absolute atomic E-state index is 0.0165. The van der Waals surface area contributed by atoms with Crippen molar-refractivity contribution in [2.45, 2.75) is 11.2 Å². The molecule has 1 amide bonds. The molecule has 4 aromatic rings. The number of amides is 1. The number of rotatable bonds is 5. The molecule has 8 heteroatoms. The molecule has 31 heavy (non-hydrogen) atoms. The minimum atomic E-state index is -0.192. The Hall–Kier alpha value is -3.52. The van der Waals surface area contributed by atoms with E-state index in [1.807, 2.05) is 77.2 Å². The number of carbonyl (C=O) groups is 1. The van der Waals surface area contributed by atoms with Crippen LogP contribution in [-0.2, 0) is 11.8 Å².